The van der Waals surface area contributed by atoms with Gasteiger partial charge in [-0.05, 0) is 41.5 Å². The Labute approximate surface area is 131 Å². The average molecular weight is 288 g/mol. The fourth-order valence-corrected chi connectivity index (χ4v) is 3.70. The smallest absolute Gasteiger partial charge is 0.120 e. The van der Waals surface area contributed by atoms with Gasteiger partial charge >= 0.3 is 0 Å². The molecule has 4 rings (SSSR count). The minimum Gasteiger partial charge on any atom is -0.493 e. The van der Waals surface area contributed by atoms with Gasteiger partial charge in [0.05, 0.1) is 6.26 Å². The van der Waals surface area contributed by atoms with Gasteiger partial charge in [0.15, 0.2) is 0 Å². The van der Waals surface area contributed by atoms with E-state index in [9.17, 15) is 0 Å². The number of ether oxygens (including phenoxy) is 1. The Balaban J connectivity index is 1.69. The van der Waals surface area contributed by atoms with Gasteiger partial charge in [-0.3, -0.25) is 0 Å². The molecule has 0 amide bonds. The Kier molecular flexibility index (Phi) is 3.56. The molecule has 0 saturated carbocycles. The lowest BCUT2D eigenvalue weighted by Gasteiger charge is -2.35. The van der Waals surface area contributed by atoms with Crippen LogP contribution in [0.4, 0.5) is 0 Å². The minimum absolute atomic E-state index is 0.251. The van der Waals surface area contributed by atoms with Crippen LogP contribution in [0, 0.1) is 11.8 Å². The van der Waals surface area contributed by atoms with Crippen LogP contribution in [-0.2, 0) is 11.2 Å². The van der Waals surface area contributed by atoms with E-state index in [0.717, 1.165) is 12.8 Å². The molecular weight excluding hydrogens is 268 g/mol. The Morgan fingerprint density at radius 3 is 2.41 bits per heavy atom. The van der Waals surface area contributed by atoms with Gasteiger partial charge in [0, 0.05) is 5.92 Å². The van der Waals surface area contributed by atoms with Gasteiger partial charge in [0.2, 0.25) is 0 Å². The summed E-state index contributed by atoms with van der Waals surface area (Å²) in [6.45, 7) is 0. The van der Waals surface area contributed by atoms with E-state index in [2.05, 4.69) is 72.8 Å². The van der Waals surface area contributed by atoms with Crippen LogP contribution in [0.5, 0.6) is 0 Å². The van der Waals surface area contributed by atoms with Crippen molar-refractivity contribution in [2.75, 3.05) is 0 Å². The first-order chi connectivity index (χ1) is 10.9. The summed E-state index contributed by atoms with van der Waals surface area (Å²) in [5, 5.41) is 0. The molecule has 0 unspecified atom stereocenters. The topological polar surface area (TPSA) is 9.23 Å². The lowest BCUT2D eigenvalue weighted by Crippen LogP contribution is -2.31. The maximum absolute atomic E-state index is 5.99. The molecule has 0 aromatic heterocycles. The number of allylic oxidation sites excluding steroid dienone is 2. The van der Waals surface area contributed by atoms with Crippen molar-refractivity contribution in [1.29, 1.82) is 0 Å². The highest BCUT2D eigenvalue weighted by molar-refractivity contribution is 5.68. The van der Waals surface area contributed by atoms with E-state index in [1.54, 1.807) is 0 Å². The Morgan fingerprint density at radius 2 is 1.64 bits per heavy atom. The van der Waals surface area contributed by atoms with Crippen molar-refractivity contribution in [3.05, 3.63) is 90.2 Å². The van der Waals surface area contributed by atoms with Gasteiger partial charge < -0.3 is 4.74 Å². The molecule has 22 heavy (non-hydrogen) atoms. The quantitative estimate of drug-likeness (QED) is 0.733. The van der Waals surface area contributed by atoms with Crippen LogP contribution in [0.15, 0.2) is 79.1 Å². The largest absolute Gasteiger partial charge is 0.493 e. The van der Waals surface area contributed by atoms with Crippen LogP contribution in [0.2, 0.25) is 0 Å². The molecule has 2 aliphatic rings. The normalized spacial score (nSPS) is 26.2. The van der Waals surface area contributed by atoms with Crippen molar-refractivity contribution in [1.82, 2.24) is 0 Å². The third kappa shape index (κ3) is 2.48. The van der Waals surface area contributed by atoms with E-state index in [1.807, 2.05) is 6.26 Å². The monoisotopic (exact) mass is 288 g/mol. The first-order valence-electron chi connectivity index (χ1n) is 8.03. The molecule has 1 heterocycles. The second-order valence-corrected chi connectivity index (χ2v) is 6.16. The molecule has 1 nitrogen and oxygen atoms in total. The second kappa shape index (κ2) is 5.84. The fourth-order valence-electron chi connectivity index (χ4n) is 3.70. The molecule has 0 spiro atoms. The van der Waals surface area contributed by atoms with Crippen LogP contribution in [-0.4, -0.2) is 6.10 Å². The lowest BCUT2D eigenvalue weighted by atomic mass is 9.76. The van der Waals surface area contributed by atoms with Crippen LogP contribution in [0.3, 0.4) is 0 Å². The minimum atomic E-state index is 0.251. The van der Waals surface area contributed by atoms with Crippen molar-refractivity contribution in [2.24, 2.45) is 11.8 Å². The summed E-state index contributed by atoms with van der Waals surface area (Å²) < 4.78 is 5.99. The van der Waals surface area contributed by atoms with Crippen LogP contribution < -0.4 is 0 Å². The number of benzene rings is 2. The predicted octanol–water partition coefficient (Wildman–Crippen LogP) is 4.86. The molecule has 1 aliphatic carbocycles. The Hall–Kier alpha value is -2.28. The zero-order valence-electron chi connectivity index (χ0n) is 12.6. The van der Waals surface area contributed by atoms with Crippen molar-refractivity contribution < 1.29 is 4.74 Å². The average Bonchev–Trinajstić information content (AvgIpc) is 3.06. The van der Waals surface area contributed by atoms with E-state index in [-0.39, 0.29) is 6.10 Å². The first kappa shape index (κ1) is 13.4. The molecule has 0 fully saturated rings. The van der Waals surface area contributed by atoms with Crippen LogP contribution in [0.25, 0.3) is 5.57 Å². The summed E-state index contributed by atoms with van der Waals surface area (Å²) in [6.07, 6.45) is 8.94. The molecule has 0 saturated heterocycles. The summed E-state index contributed by atoms with van der Waals surface area (Å²) in [4.78, 5) is 0. The molecular formula is C21H20O. The molecule has 0 N–H and O–H groups in total. The summed E-state index contributed by atoms with van der Waals surface area (Å²) in [5.74, 6) is 1.07. The summed E-state index contributed by atoms with van der Waals surface area (Å²) >= 11 is 0. The Bertz CT molecular complexity index is 684. The van der Waals surface area contributed by atoms with Gasteiger partial charge in [-0.1, -0.05) is 66.7 Å². The standard InChI is InChI=1S/C21H20O/c1-3-8-16(9-4-1)14-19-18-12-7-13-21(18)22-15-20(19)17-10-5-2-6-11-17/h1-11,13,15,18-19,21H,12,14H2/t18-,19+,21-/m1/s1. The van der Waals surface area contributed by atoms with Gasteiger partial charge in [-0.15, -0.1) is 0 Å². The zero-order valence-corrected chi connectivity index (χ0v) is 12.6. The number of hydrogen-bond donors (Lipinski definition) is 0. The molecule has 1 aliphatic heterocycles. The third-order valence-corrected chi connectivity index (χ3v) is 4.83. The van der Waals surface area contributed by atoms with E-state index in [0.29, 0.717) is 11.8 Å². The van der Waals surface area contributed by atoms with E-state index in [4.69, 9.17) is 4.74 Å². The highest BCUT2D eigenvalue weighted by Gasteiger charge is 2.37. The summed E-state index contributed by atoms with van der Waals surface area (Å²) in [7, 11) is 0. The zero-order chi connectivity index (χ0) is 14.8. The second-order valence-electron chi connectivity index (χ2n) is 6.16. The molecule has 2 aromatic rings. The molecule has 1 heteroatoms. The summed E-state index contributed by atoms with van der Waals surface area (Å²) in [6, 6.07) is 21.5. The Morgan fingerprint density at radius 1 is 0.909 bits per heavy atom. The van der Waals surface area contributed by atoms with Gasteiger partial charge in [0.1, 0.15) is 6.10 Å². The molecule has 110 valence electrons. The number of rotatable bonds is 3. The maximum Gasteiger partial charge on any atom is 0.120 e. The molecule has 3 atom stereocenters. The van der Waals surface area contributed by atoms with Gasteiger partial charge in [-0.25, -0.2) is 0 Å². The highest BCUT2D eigenvalue weighted by Crippen LogP contribution is 2.43. The van der Waals surface area contributed by atoms with Crippen molar-refractivity contribution in [2.45, 2.75) is 18.9 Å². The van der Waals surface area contributed by atoms with Gasteiger partial charge in [-0.2, -0.15) is 0 Å². The highest BCUT2D eigenvalue weighted by atomic mass is 16.5. The maximum atomic E-state index is 5.99. The van der Waals surface area contributed by atoms with E-state index in [1.165, 1.54) is 16.7 Å². The fraction of sp³-hybridized carbons (Fsp3) is 0.238. The van der Waals surface area contributed by atoms with Crippen molar-refractivity contribution in [3.8, 4) is 0 Å². The van der Waals surface area contributed by atoms with E-state index < -0.39 is 0 Å². The first-order valence-corrected chi connectivity index (χ1v) is 8.03. The van der Waals surface area contributed by atoms with Crippen LogP contribution >= 0.6 is 0 Å². The molecule has 0 radical (unpaired) electrons. The third-order valence-electron chi connectivity index (χ3n) is 4.83. The predicted molar refractivity (Wildman–Crippen MR) is 90.2 cm³/mol. The van der Waals surface area contributed by atoms with Crippen molar-refractivity contribution in [3.63, 3.8) is 0 Å². The van der Waals surface area contributed by atoms with E-state index >= 15 is 0 Å². The number of hydrogen-bond acceptors (Lipinski definition) is 1. The SMILES string of the molecule is C1=C[C@H]2OC=C(c3ccccc3)[C@@H](Cc3ccccc3)[C@H]2C1. The molecule has 0 bridgehead atoms. The lowest BCUT2D eigenvalue weighted by molar-refractivity contribution is 0.0996. The molecule has 2 aromatic carbocycles. The van der Waals surface area contributed by atoms with Gasteiger partial charge in [0.25, 0.3) is 0 Å². The number of fused-ring (bicyclic) bond motifs is 1. The van der Waals surface area contributed by atoms with Crippen molar-refractivity contribution >= 4 is 5.57 Å². The summed E-state index contributed by atoms with van der Waals surface area (Å²) in [5.41, 5.74) is 4.03. The van der Waals surface area contributed by atoms with Crippen LogP contribution in [0.1, 0.15) is 17.5 Å².